The maximum atomic E-state index is 5.60. The molecule has 84 valence electrons. The molecule has 0 spiro atoms. The first-order valence-corrected chi connectivity index (χ1v) is 6.23. The number of hydrogen-bond acceptors (Lipinski definition) is 2. The van der Waals surface area contributed by atoms with Crippen molar-refractivity contribution in [2.75, 3.05) is 19.6 Å². The Morgan fingerprint density at radius 3 is 2.60 bits per heavy atom. The zero-order chi connectivity index (χ0) is 11.1. The van der Waals surface area contributed by atoms with Gasteiger partial charge in [-0.15, -0.1) is 0 Å². The van der Waals surface area contributed by atoms with Crippen molar-refractivity contribution in [1.29, 1.82) is 0 Å². The average Bonchev–Trinajstić information content (AvgIpc) is 2.22. The fraction of sp³-hybridized carbons (Fsp3) is 0.500. The van der Waals surface area contributed by atoms with Gasteiger partial charge in [0.25, 0.3) is 0 Å². The van der Waals surface area contributed by atoms with Crippen LogP contribution >= 0.6 is 15.9 Å². The van der Waals surface area contributed by atoms with E-state index < -0.39 is 0 Å². The Balaban J connectivity index is 2.60. The van der Waals surface area contributed by atoms with E-state index in [0.29, 0.717) is 0 Å². The lowest BCUT2D eigenvalue weighted by atomic mass is 10.2. The molecule has 0 amide bonds. The third-order valence-corrected chi connectivity index (χ3v) is 3.11. The SMILES string of the molecule is CCCN(CCN)Cc1ccccc1Br. The minimum Gasteiger partial charge on any atom is -0.329 e. The van der Waals surface area contributed by atoms with E-state index in [2.05, 4.69) is 46.0 Å². The van der Waals surface area contributed by atoms with Crippen molar-refractivity contribution < 1.29 is 0 Å². The molecular weight excluding hydrogens is 252 g/mol. The molecule has 3 heteroatoms. The second kappa shape index (κ2) is 6.99. The van der Waals surface area contributed by atoms with Crippen LogP contribution in [0.3, 0.4) is 0 Å². The fourth-order valence-corrected chi connectivity index (χ4v) is 2.05. The van der Waals surface area contributed by atoms with Gasteiger partial charge in [-0.2, -0.15) is 0 Å². The molecule has 1 aromatic rings. The van der Waals surface area contributed by atoms with Gasteiger partial charge in [0.2, 0.25) is 0 Å². The van der Waals surface area contributed by atoms with Crippen molar-refractivity contribution >= 4 is 15.9 Å². The number of rotatable bonds is 6. The van der Waals surface area contributed by atoms with Gasteiger partial charge in [0, 0.05) is 24.1 Å². The van der Waals surface area contributed by atoms with E-state index in [1.54, 1.807) is 0 Å². The van der Waals surface area contributed by atoms with Crippen molar-refractivity contribution in [2.24, 2.45) is 5.73 Å². The molecule has 0 aliphatic heterocycles. The Labute approximate surface area is 101 Å². The van der Waals surface area contributed by atoms with E-state index in [9.17, 15) is 0 Å². The van der Waals surface area contributed by atoms with Crippen LogP contribution in [0.4, 0.5) is 0 Å². The van der Waals surface area contributed by atoms with Crippen LogP contribution in [-0.2, 0) is 6.54 Å². The lowest BCUT2D eigenvalue weighted by molar-refractivity contribution is 0.273. The van der Waals surface area contributed by atoms with Crippen LogP contribution in [0.5, 0.6) is 0 Å². The fourth-order valence-electron chi connectivity index (χ4n) is 1.64. The molecule has 15 heavy (non-hydrogen) atoms. The predicted molar refractivity (Wildman–Crippen MR) is 68.8 cm³/mol. The molecule has 0 bridgehead atoms. The largest absolute Gasteiger partial charge is 0.329 e. The first-order valence-electron chi connectivity index (χ1n) is 5.43. The average molecular weight is 271 g/mol. The summed E-state index contributed by atoms with van der Waals surface area (Å²) in [6, 6.07) is 8.36. The topological polar surface area (TPSA) is 29.3 Å². The van der Waals surface area contributed by atoms with Crippen molar-refractivity contribution in [3.63, 3.8) is 0 Å². The summed E-state index contributed by atoms with van der Waals surface area (Å²) in [6.45, 7) is 5.98. The Kier molecular flexibility index (Phi) is 5.91. The van der Waals surface area contributed by atoms with Crippen LogP contribution in [0.25, 0.3) is 0 Å². The van der Waals surface area contributed by atoms with Crippen LogP contribution in [0.15, 0.2) is 28.7 Å². The maximum Gasteiger partial charge on any atom is 0.0245 e. The molecule has 0 aliphatic carbocycles. The van der Waals surface area contributed by atoms with E-state index >= 15 is 0 Å². The zero-order valence-electron chi connectivity index (χ0n) is 9.25. The molecule has 2 nitrogen and oxygen atoms in total. The molecule has 0 aromatic heterocycles. The number of nitrogens with zero attached hydrogens (tertiary/aromatic N) is 1. The van der Waals surface area contributed by atoms with Crippen molar-refractivity contribution in [3.8, 4) is 0 Å². The summed E-state index contributed by atoms with van der Waals surface area (Å²) >= 11 is 3.57. The van der Waals surface area contributed by atoms with Gasteiger partial charge in [0.15, 0.2) is 0 Å². The quantitative estimate of drug-likeness (QED) is 0.861. The van der Waals surface area contributed by atoms with Crippen molar-refractivity contribution in [2.45, 2.75) is 19.9 Å². The van der Waals surface area contributed by atoms with Gasteiger partial charge >= 0.3 is 0 Å². The summed E-state index contributed by atoms with van der Waals surface area (Å²) in [7, 11) is 0. The van der Waals surface area contributed by atoms with Gasteiger partial charge in [-0.3, -0.25) is 4.90 Å². The molecule has 0 aliphatic rings. The monoisotopic (exact) mass is 270 g/mol. The first-order chi connectivity index (χ1) is 7.27. The molecule has 0 heterocycles. The minimum absolute atomic E-state index is 0.727. The first kappa shape index (κ1) is 12.7. The van der Waals surface area contributed by atoms with Crippen LogP contribution < -0.4 is 5.73 Å². The van der Waals surface area contributed by atoms with E-state index in [0.717, 1.165) is 26.2 Å². The molecule has 0 unspecified atom stereocenters. The minimum atomic E-state index is 0.727. The highest BCUT2D eigenvalue weighted by Gasteiger charge is 2.05. The van der Waals surface area contributed by atoms with E-state index in [4.69, 9.17) is 5.73 Å². The highest BCUT2D eigenvalue weighted by Crippen LogP contribution is 2.17. The number of halogens is 1. The van der Waals surface area contributed by atoms with Crippen LogP contribution in [0.2, 0.25) is 0 Å². The van der Waals surface area contributed by atoms with Crippen LogP contribution in [-0.4, -0.2) is 24.5 Å². The van der Waals surface area contributed by atoms with Gasteiger partial charge in [0.05, 0.1) is 0 Å². The summed E-state index contributed by atoms with van der Waals surface area (Å²) < 4.78 is 1.18. The molecular formula is C12H19BrN2. The number of hydrogen-bond donors (Lipinski definition) is 1. The van der Waals surface area contributed by atoms with E-state index in [-0.39, 0.29) is 0 Å². The second-order valence-electron chi connectivity index (χ2n) is 3.66. The Morgan fingerprint density at radius 2 is 2.00 bits per heavy atom. The van der Waals surface area contributed by atoms with Gasteiger partial charge in [-0.1, -0.05) is 41.1 Å². The maximum absolute atomic E-state index is 5.60. The molecule has 1 aromatic carbocycles. The van der Waals surface area contributed by atoms with Gasteiger partial charge in [0.1, 0.15) is 0 Å². The highest BCUT2D eigenvalue weighted by atomic mass is 79.9. The lowest BCUT2D eigenvalue weighted by Crippen LogP contribution is -2.29. The third kappa shape index (κ3) is 4.33. The standard InChI is InChI=1S/C12H19BrN2/c1-2-8-15(9-7-14)10-11-5-3-4-6-12(11)13/h3-6H,2,7-10,14H2,1H3. The summed E-state index contributed by atoms with van der Waals surface area (Å²) in [6.07, 6.45) is 1.17. The highest BCUT2D eigenvalue weighted by molar-refractivity contribution is 9.10. The molecule has 0 fully saturated rings. The number of nitrogens with two attached hydrogens (primary N) is 1. The summed E-state index contributed by atoms with van der Waals surface area (Å²) in [5.74, 6) is 0. The molecule has 1 rings (SSSR count). The Bertz CT molecular complexity index is 283. The lowest BCUT2D eigenvalue weighted by Gasteiger charge is -2.21. The zero-order valence-corrected chi connectivity index (χ0v) is 10.8. The summed E-state index contributed by atoms with van der Waals surface area (Å²) in [5.41, 5.74) is 6.93. The van der Waals surface area contributed by atoms with Crippen LogP contribution in [0, 0.1) is 0 Å². The predicted octanol–water partition coefficient (Wildman–Crippen LogP) is 2.62. The van der Waals surface area contributed by atoms with Crippen molar-refractivity contribution in [1.82, 2.24) is 4.90 Å². The molecule has 0 atom stereocenters. The van der Waals surface area contributed by atoms with Gasteiger partial charge in [-0.25, -0.2) is 0 Å². The molecule has 0 radical (unpaired) electrons. The Morgan fingerprint density at radius 1 is 1.27 bits per heavy atom. The second-order valence-corrected chi connectivity index (χ2v) is 4.51. The number of benzene rings is 1. The van der Waals surface area contributed by atoms with Crippen molar-refractivity contribution in [3.05, 3.63) is 34.3 Å². The molecule has 0 saturated heterocycles. The van der Waals surface area contributed by atoms with Gasteiger partial charge < -0.3 is 5.73 Å². The normalized spacial score (nSPS) is 10.9. The molecule has 2 N–H and O–H groups in total. The van der Waals surface area contributed by atoms with E-state index in [1.165, 1.54) is 16.5 Å². The third-order valence-electron chi connectivity index (χ3n) is 2.34. The Hall–Kier alpha value is -0.380. The summed E-state index contributed by atoms with van der Waals surface area (Å²) in [5, 5.41) is 0. The smallest absolute Gasteiger partial charge is 0.0245 e. The van der Waals surface area contributed by atoms with E-state index in [1.807, 2.05) is 6.07 Å². The molecule has 0 saturated carbocycles. The summed E-state index contributed by atoms with van der Waals surface area (Å²) in [4.78, 5) is 2.39. The van der Waals surface area contributed by atoms with Crippen LogP contribution in [0.1, 0.15) is 18.9 Å². The van der Waals surface area contributed by atoms with Gasteiger partial charge in [-0.05, 0) is 24.6 Å².